The number of rotatable bonds is 11. The summed E-state index contributed by atoms with van der Waals surface area (Å²) in [5.74, 6) is -1.40. The summed E-state index contributed by atoms with van der Waals surface area (Å²) in [5.41, 5.74) is 3.81. The Morgan fingerprint density at radius 1 is 1.34 bits per heavy atom. The SMILES string of the molecule is CNc1nc(N)nc2c1ncn2[C@@H]1O[C@H](COP(=O)(N[C@@H](C)C(=O)OC(C)C)Oc2cccc(F)c2)[C@@H](O)[C@@]1(C)F. The lowest BCUT2D eigenvalue weighted by Gasteiger charge is -2.25. The first-order valence-electron chi connectivity index (χ1n) is 12.6. The van der Waals surface area contributed by atoms with E-state index in [0.717, 1.165) is 19.1 Å². The number of halogens is 2. The highest BCUT2D eigenvalue weighted by Gasteiger charge is 2.56. The molecule has 14 nitrogen and oxygen atoms in total. The minimum atomic E-state index is -4.47. The molecule has 1 saturated heterocycles. The smallest absolute Gasteiger partial charge is 0.459 e. The largest absolute Gasteiger partial charge is 0.462 e. The topological polar surface area (TPSA) is 185 Å². The highest BCUT2D eigenvalue weighted by atomic mass is 31.2. The number of carbonyl (C=O) groups is 1. The maximum atomic E-state index is 16.0. The number of anilines is 2. The van der Waals surface area contributed by atoms with Gasteiger partial charge in [-0.3, -0.25) is 13.9 Å². The van der Waals surface area contributed by atoms with Crippen LogP contribution in [0.25, 0.3) is 11.2 Å². The number of nitrogens with two attached hydrogens (primary N) is 1. The first-order chi connectivity index (χ1) is 19.2. The molecular weight excluding hydrogens is 567 g/mol. The van der Waals surface area contributed by atoms with Crippen LogP contribution in [0.4, 0.5) is 20.5 Å². The summed E-state index contributed by atoms with van der Waals surface area (Å²) in [7, 11) is -2.87. The van der Waals surface area contributed by atoms with Gasteiger partial charge in [-0.25, -0.2) is 18.3 Å². The zero-order valence-corrected chi connectivity index (χ0v) is 23.8. The van der Waals surface area contributed by atoms with Crippen molar-refractivity contribution in [3.63, 3.8) is 0 Å². The predicted octanol–water partition coefficient (Wildman–Crippen LogP) is 2.71. The van der Waals surface area contributed by atoms with E-state index in [4.69, 9.17) is 24.3 Å². The maximum Gasteiger partial charge on any atom is 0.459 e. The van der Waals surface area contributed by atoms with Gasteiger partial charge in [-0.2, -0.15) is 15.1 Å². The molecule has 0 radical (unpaired) electrons. The average molecular weight is 600 g/mol. The van der Waals surface area contributed by atoms with Crippen molar-refractivity contribution in [2.75, 3.05) is 24.7 Å². The Morgan fingerprint density at radius 2 is 2.07 bits per heavy atom. The van der Waals surface area contributed by atoms with E-state index in [0.29, 0.717) is 5.82 Å². The molecule has 3 aromatic rings. The van der Waals surface area contributed by atoms with Crippen LogP contribution in [-0.4, -0.2) is 74.3 Å². The predicted molar refractivity (Wildman–Crippen MR) is 143 cm³/mol. The third kappa shape index (κ3) is 6.57. The number of alkyl halides is 1. The number of aliphatic hydroxyl groups excluding tert-OH is 1. The normalized spacial score (nSPS) is 24.8. The van der Waals surface area contributed by atoms with Crippen molar-refractivity contribution in [2.45, 2.75) is 63.9 Å². The maximum absolute atomic E-state index is 16.0. The van der Waals surface area contributed by atoms with E-state index < -0.39 is 62.4 Å². The molecule has 1 unspecified atom stereocenters. The number of nitrogen functional groups attached to an aromatic ring is 1. The molecule has 0 bridgehead atoms. The van der Waals surface area contributed by atoms with Gasteiger partial charge in [0.25, 0.3) is 0 Å². The number of imidazole rings is 1. The van der Waals surface area contributed by atoms with Gasteiger partial charge < -0.3 is 30.2 Å². The third-order valence-electron chi connectivity index (χ3n) is 6.13. The van der Waals surface area contributed by atoms with E-state index in [1.807, 2.05) is 0 Å². The highest BCUT2D eigenvalue weighted by molar-refractivity contribution is 7.52. The van der Waals surface area contributed by atoms with E-state index in [1.54, 1.807) is 20.9 Å². The molecule has 17 heteroatoms. The summed E-state index contributed by atoms with van der Waals surface area (Å²) >= 11 is 0. The molecule has 0 saturated carbocycles. The Morgan fingerprint density at radius 3 is 2.73 bits per heavy atom. The summed E-state index contributed by atoms with van der Waals surface area (Å²) < 4.78 is 66.6. The van der Waals surface area contributed by atoms with Crippen molar-refractivity contribution in [1.82, 2.24) is 24.6 Å². The van der Waals surface area contributed by atoms with Gasteiger partial charge in [-0.05, 0) is 39.8 Å². The molecule has 0 amide bonds. The van der Waals surface area contributed by atoms with Gasteiger partial charge in [-0.1, -0.05) is 6.07 Å². The van der Waals surface area contributed by atoms with Crippen LogP contribution in [0.5, 0.6) is 5.75 Å². The molecule has 5 N–H and O–H groups in total. The van der Waals surface area contributed by atoms with Crippen LogP contribution in [0, 0.1) is 5.82 Å². The van der Waals surface area contributed by atoms with Crippen molar-refractivity contribution in [3.8, 4) is 5.75 Å². The molecule has 41 heavy (non-hydrogen) atoms. The Labute approximate surface area is 234 Å². The summed E-state index contributed by atoms with van der Waals surface area (Å²) in [4.78, 5) is 24.7. The molecule has 224 valence electrons. The standard InChI is InChI=1S/C24H32F2N7O7P/c1-12(2)38-21(35)13(3)32-41(36,40-15-8-6-7-14(25)9-15)37-10-16-18(34)24(4,26)22(39-16)33-11-29-17-19(28-5)30-23(27)31-20(17)33/h6-9,11-13,16,18,22,34H,10H2,1-5H3,(H,32,36)(H3,27,28,30,31)/t13-,16+,18+,22+,24+,41?/m0/s1. The number of benzene rings is 1. The van der Waals surface area contributed by atoms with Gasteiger partial charge in [0.15, 0.2) is 28.9 Å². The number of aromatic nitrogens is 4. The van der Waals surface area contributed by atoms with E-state index in [9.17, 15) is 18.9 Å². The number of aliphatic hydroxyl groups is 1. The Bertz CT molecular complexity index is 1460. The first kappa shape index (κ1) is 30.5. The van der Waals surface area contributed by atoms with Crippen LogP contribution in [0.1, 0.15) is 33.9 Å². The van der Waals surface area contributed by atoms with E-state index in [-0.39, 0.29) is 22.9 Å². The van der Waals surface area contributed by atoms with Crippen LogP contribution in [0.2, 0.25) is 0 Å². The lowest BCUT2D eigenvalue weighted by molar-refractivity contribution is -0.149. The Hall–Kier alpha value is -3.43. The van der Waals surface area contributed by atoms with Crippen LogP contribution in [0.15, 0.2) is 30.6 Å². The lowest BCUT2D eigenvalue weighted by atomic mass is 9.98. The van der Waals surface area contributed by atoms with E-state index in [1.165, 1.54) is 30.0 Å². The molecule has 1 aliphatic heterocycles. The molecule has 1 aliphatic rings. The van der Waals surface area contributed by atoms with Crippen molar-refractivity contribution in [1.29, 1.82) is 0 Å². The zero-order chi connectivity index (χ0) is 30.1. The van der Waals surface area contributed by atoms with Crippen molar-refractivity contribution in [2.24, 2.45) is 0 Å². The fourth-order valence-corrected chi connectivity index (χ4v) is 5.67. The van der Waals surface area contributed by atoms with E-state index >= 15 is 4.39 Å². The van der Waals surface area contributed by atoms with Gasteiger partial charge in [0.05, 0.1) is 19.0 Å². The number of fused-ring (bicyclic) bond motifs is 1. The van der Waals surface area contributed by atoms with E-state index in [2.05, 4.69) is 25.4 Å². The molecule has 1 aromatic carbocycles. The fraction of sp³-hybridized carbons (Fsp3) is 0.500. The Kier molecular flexibility index (Phi) is 8.80. The second-order valence-corrected chi connectivity index (χ2v) is 11.5. The number of ether oxygens (including phenoxy) is 2. The number of carbonyl (C=O) groups excluding carboxylic acids is 1. The summed E-state index contributed by atoms with van der Waals surface area (Å²) in [6.07, 6.45) is -3.80. The minimum Gasteiger partial charge on any atom is -0.462 e. The quantitative estimate of drug-likeness (QED) is 0.186. The number of nitrogens with zero attached hydrogens (tertiary/aromatic N) is 4. The number of hydrogen-bond acceptors (Lipinski definition) is 12. The number of nitrogens with one attached hydrogen (secondary N) is 2. The molecule has 2 aromatic heterocycles. The molecule has 6 atom stereocenters. The summed E-state index contributed by atoms with van der Waals surface area (Å²) in [6.45, 7) is 5.09. The molecule has 0 spiro atoms. The van der Waals surface area contributed by atoms with Crippen molar-refractivity contribution in [3.05, 3.63) is 36.4 Å². The third-order valence-corrected chi connectivity index (χ3v) is 7.78. The zero-order valence-electron chi connectivity index (χ0n) is 22.9. The second-order valence-electron chi connectivity index (χ2n) is 9.81. The first-order valence-corrected chi connectivity index (χ1v) is 14.2. The molecule has 0 aliphatic carbocycles. The van der Waals surface area contributed by atoms with Crippen LogP contribution in [-0.2, 0) is 23.4 Å². The summed E-state index contributed by atoms with van der Waals surface area (Å²) in [5, 5.41) is 16.1. The van der Waals surface area contributed by atoms with Gasteiger partial charge in [0, 0.05) is 13.1 Å². The Balaban J connectivity index is 1.57. The highest BCUT2D eigenvalue weighted by Crippen LogP contribution is 2.48. The van der Waals surface area contributed by atoms with Crippen LogP contribution >= 0.6 is 7.75 Å². The minimum absolute atomic E-state index is 0.103. The van der Waals surface area contributed by atoms with Gasteiger partial charge >= 0.3 is 13.7 Å². The molecule has 3 heterocycles. The number of hydrogen-bond donors (Lipinski definition) is 4. The van der Waals surface area contributed by atoms with Crippen molar-refractivity contribution < 1.29 is 41.8 Å². The van der Waals surface area contributed by atoms with Gasteiger partial charge in [-0.15, -0.1) is 0 Å². The van der Waals surface area contributed by atoms with Crippen LogP contribution < -0.4 is 20.7 Å². The molecule has 1 fully saturated rings. The monoisotopic (exact) mass is 599 g/mol. The van der Waals surface area contributed by atoms with Crippen LogP contribution in [0.3, 0.4) is 0 Å². The lowest BCUT2D eigenvalue weighted by Crippen LogP contribution is -2.41. The van der Waals surface area contributed by atoms with Gasteiger partial charge in [0.2, 0.25) is 5.95 Å². The average Bonchev–Trinajstić information content (AvgIpc) is 3.39. The second kappa shape index (κ2) is 11.8. The molecule has 4 rings (SSSR count). The summed E-state index contributed by atoms with van der Waals surface area (Å²) in [6, 6.07) is 3.57. The molecular formula is C24H32F2N7O7P. The van der Waals surface area contributed by atoms with Gasteiger partial charge in [0.1, 0.15) is 29.8 Å². The van der Waals surface area contributed by atoms with Crippen molar-refractivity contribution >= 4 is 36.6 Å². The number of esters is 1. The fourth-order valence-electron chi connectivity index (χ4n) is 4.18.